The van der Waals surface area contributed by atoms with Gasteiger partial charge in [0.25, 0.3) is 0 Å². The van der Waals surface area contributed by atoms with Crippen molar-refractivity contribution in [3.63, 3.8) is 0 Å². The second-order valence-electron chi connectivity index (χ2n) is 6.84. The summed E-state index contributed by atoms with van der Waals surface area (Å²) in [7, 11) is 0. The molecule has 2 atom stereocenters. The summed E-state index contributed by atoms with van der Waals surface area (Å²) in [5, 5.41) is 0. The normalized spacial score (nSPS) is 33.8. The lowest BCUT2D eigenvalue weighted by Crippen LogP contribution is -2.19. The van der Waals surface area contributed by atoms with Crippen LogP contribution < -0.4 is 5.73 Å². The SMILES string of the molecule is NC1CCCCC(C2CCCCCCC2)CCC1. The number of hydrogen-bond donors (Lipinski definition) is 1. The quantitative estimate of drug-likeness (QED) is 0.694. The Bertz CT molecular complexity index is 206. The second-order valence-corrected chi connectivity index (χ2v) is 6.84. The van der Waals surface area contributed by atoms with Crippen molar-refractivity contribution in [1.29, 1.82) is 0 Å². The van der Waals surface area contributed by atoms with Gasteiger partial charge in [0, 0.05) is 6.04 Å². The summed E-state index contributed by atoms with van der Waals surface area (Å²) in [5.41, 5.74) is 6.14. The molecule has 0 aliphatic heterocycles. The maximum absolute atomic E-state index is 6.14. The molecule has 1 heteroatoms. The first-order valence-electron chi connectivity index (χ1n) is 8.62. The van der Waals surface area contributed by atoms with E-state index in [1.807, 2.05) is 0 Å². The third kappa shape index (κ3) is 4.91. The number of hydrogen-bond acceptors (Lipinski definition) is 1. The zero-order chi connectivity index (χ0) is 12.6. The highest BCUT2D eigenvalue weighted by atomic mass is 14.6. The van der Waals surface area contributed by atoms with Crippen molar-refractivity contribution in [3.05, 3.63) is 0 Å². The molecule has 0 aromatic heterocycles. The summed E-state index contributed by atoms with van der Waals surface area (Å²) >= 11 is 0. The standard InChI is InChI=1S/C17H33N/c18-17-13-7-6-11-16(12-8-14-17)15-9-4-2-1-3-5-10-15/h15-17H,1-14,18H2. The molecule has 0 spiro atoms. The molecule has 2 saturated carbocycles. The van der Waals surface area contributed by atoms with E-state index in [-0.39, 0.29) is 0 Å². The molecule has 0 aromatic rings. The van der Waals surface area contributed by atoms with Crippen LogP contribution >= 0.6 is 0 Å². The zero-order valence-electron chi connectivity index (χ0n) is 12.2. The Morgan fingerprint density at radius 3 is 1.50 bits per heavy atom. The van der Waals surface area contributed by atoms with Gasteiger partial charge in [-0.25, -0.2) is 0 Å². The fourth-order valence-corrected chi connectivity index (χ4v) is 4.17. The molecule has 18 heavy (non-hydrogen) atoms. The summed E-state index contributed by atoms with van der Waals surface area (Å²) in [6.45, 7) is 0. The van der Waals surface area contributed by atoms with Crippen molar-refractivity contribution in [2.75, 3.05) is 0 Å². The first-order chi connectivity index (χ1) is 8.86. The summed E-state index contributed by atoms with van der Waals surface area (Å²) in [4.78, 5) is 0. The highest BCUT2D eigenvalue weighted by Gasteiger charge is 2.22. The van der Waals surface area contributed by atoms with Crippen molar-refractivity contribution >= 4 is 0 Å². The Labute approximate surface area is 114 Å². The molecule has 0 saturated heterocycles. The van der Waals surface area contributed by atoms with Gasteiger partial charge in [-0.15, -0.1) is 0 Å². The Morgan fingerprint density at radius 2 is 0.833 bits per heavy atom. The lowest BCUT2D eigenvalue weighted by atomic mass is 9.77. The fraction of sp³-hybridized carbons (Fsp3) is 1.00. The van der Waals surface area contributed by atoms with Crippen molar-refractivity contribution in [2.45, 2.75) is 95.9 Å². The largest absolute Gasteiger partial charge is 0.328 e. The Morgan fingerprint density at radius 1 is 0.444 bits per heavy atom. The van der Waals surface area contributed by atoms with E-state index < -0.39 is 0 Å². The number of rotatable bonds is 1. The van der Waals surface area contributed by atoms with Crippen LogP contribution in [-0.4, -0.2) is 6.04 Å². The van der Waals surface area contributed by atoms with Crippen LogP contribution in [0.3, 0.4) is 0 Å². The first-order valence-corrected chi connectivity index (χ1v) is 8.62. The van der Waals surface area contributed by atoms with Crippen LogP contribution in [0, 0.1) is 11.8 Å². The van der Waals surface area contributed by atoms with E-state index in [4.69, 9.17) is 5.73 Å². The molecule has 2 unspecified atom stereocenters. The van der Waals surface area contributed by atoms with Gasteiger partial charge in [-0.2, -0.15) is 0 Å². The van der Waals surface area contributed by atoms with Crippen molar-refractivity contribution < 1.29 is 0 Å². The summed E-state index contributed by atoms with van der Waals surface area (Å²) < 4.78 is 0. The highest BCUT2D eigenvalue weighted by molar-refractivity contribution is 4.75. The Balaban J connectivity index is 1.83. The Kier molecular flexibility index (Phi) is 6.54. The predicted molar refractivity (Wildman–Crippen MR) is 79.6 cm³/mol. The van der Waals surface area contributed by atoms with Crippen molar-refractivity contribution in [3.8, 4) is 0 Å². The molecule has 0 radical (unpaired) electrons. The van der Waals surface area contributed by atoms with Crippen LogP contribution in [0.2, 0.25) is 0 Å². The molecule has 2 rings (SSSR count). The van der Waals surface area contributed by atoms with E-state index in [1.54, 1.807) is 0 Å². The molecule has 2 aliphatic rings. The zero-order valence-corrected chi connectivity index (χ0v) is 12.2. The van der Waals surface area contributed by atoms with Crippen LogP contribution in [0.5, 0.6) is 0 Å². The molecule has 1 nitrogen and oxygen atoms in total. The topological polar surface area (TPSA) is 26.0 Å². The smallest absolute Gasteiger partial charge is 0.00388 e. The van der Waals surface area contributed by atoms with E-state index in [2.05, 4.69) is 0 Å². The van der Waals surface area contributed by atoms with E-state index >= 15 is 0 Å². The minimum atomic E-state index is 0.501. The maximum atomic E-state index is 6.14. The average Bonchev–Trinajstić information content (AvgIpc) is 2.41. The van der Waals surface area contributed by atoms with Crippen LogP contribution in [0.4, 0.5) is 0 Å². The van der Waals surface area contributed by atoms with Crippen LogP contribution in [-0.2, 0) is 0 Å². The minimum absolute atomic E-state index is 0.501. The van der Waals surface area contributed by atoms with Gasteiger partial charge >= 0.3 is 0 Å². The lowest BCUT2D eigenvalue weighted by Gasteiger charge is -2.28. The van der Waals surface area contributed by atoms with Gasteiger partial charge in [0.2, 0.25) is 0 Å². The van der Waals surface area contributed by atoms with E-state index in [0.717, 1.165) is 11.8 Å². The monoisotopic (exact) mass is 251 g/mol. The second kappa shape index (κ2) is 8.19. The lowest BCUT2D eigenvalue weighted by molar-refractivity contribution is 0.232. The summed E-state index contributed by atoms with van der Waals surface area (Å²) in [6.07, 6.45) is 20.3. The van der Waals surface area contributed by atoms with Gasteiger partial charge < -0.3 is 5.73 Å². The molecule has 2 N–H and O–H groups in total. The molecule has 0 amide bonds. The van der Waals surface area contributed by atoms with E-state index in [1.165, 1.54) is 89.9 Å². The van der Waals surface area contributed by atoms with Crippen LogP contribution in [0.25, 0.3) is 0 Å². The Hall–Kier alpha value is -0.0400. The predicted octanol–water partition coefficient (Wildman–Crippen LogP) is 5.03. The van der Waals surface area contributed by atoms with E-state index in [9.17, 15) is 0 Å². The van der Waals surface area contributed by atoms with Gasteiger partial charge in [-0.3, -0.25) is 0 Å². The van der Waals surface area contributed by atoms with Gasteiger partial charge in [0.1, 0.15) is 0 Å². The third-order valence-corrected chi connectivity index (χ3v) is 5.37. The molecule has 2 fully saturated rings. The molecular formula is C17H33N. The van der Waals surface area contributed by atoms with Gasteiger partial charge in [-0.1, -0.05) is 77.0 Å². The van der Waals surface area contributed by atoms with Gasteiger partial charge in [0.05, 0.1) is 0 Å². The molecule has 0 heterocycles. The molecule has 2 aliphatic carbocycles. The summed E-state index contributed by atoms with van der Waals surface area (Å²) in [6, 6.07) is 0.501. The molecule has 0 bridgehead atoms. The maximum Gasteiger partial charge on any atom is 0.00388 e. The minimum Gasteiger partial charge on any atom is -0.328 e. The molecule has 0 aromatic carbocycles. The first kappa shape index (κ1) is 14.4. The molecule has 106 valence electrons. The average molecular weight is 251 g/mol. The van der Waals surface area contributed by atoms with Crippen molar-refractivity contribution in [2.24, 2.45) is 17.6 Å². The summed E-state index contributed by atoms with van der Waals surface area (Å²) in [5.74, 6) is 2.09. The van der Waals surface area contributed by atoms with Crippen LogP contribution in [0.1, 0.15) is 89.9 Å². The van der Waals surface area contributed by atoms with Gasteiger partial charge in [0.15, 0.2) is 0 Å². The highest BCUT2D eigenvalue weighted by Crippen LogP contribution is 2.35. The van der Waals surface area contributed by atoms with Crippen molar-refractivity contribution in [1.82, 2.24) is 0 Å². The molecular weight excluding hydrogens is 218 g/mol. The van der Waals surface area contributed by atoms with Crippen LogP contribution in [0.15, 0.2) is 0 Å². The van der Waals surface area contributed by atoms with E-state index in [0.29, 0.717) is 6.04 Å². The third-order valence-electron chi connectivity index (χ3n) is 5.37. The fourth-order valence-electron chi connectivity index (χ4n) is 4.17. The number of nitrogens with two attached hydrogens (primary N) is 1. The van der Waals surface area contributed by atoms with Gasteiger partial charge in [-0.05, 0) is 24.7 Å².